The van der Waals surface area contributed by atoms with E-state index in [0.29, 0.717) is 37.3 Å². The second kappa shape index (κ2) is 12.4. The number of hydrogen-bond donors (Lipinski definition) is 0. The number of hydrogen-bond acceptors (Lipinski definition) is 7. The molecule has 0 aliphatic carbocycles. The number of carbonyl (C=O) groups excluding carboxylic acids is 1. The number of esters is 1. The molecule has 4 rings (SSSR count). The summed E-state index contributed by atoms with van der Waals surface area (Å²) >= 11 is 6.07. The number of aromatic nitrogens is 3. The highest BCUT2D eigenvalue weighted by Gasteiger charge is 2.17. The molecule has 0 amide bonds. The highest BCUT2D eigenvalue weighted by atomic mass is 35.5. The Bertz CT molecular complexity index is 1270. The Balaban J connectivity index is 1.33. The molecule has 2 heterocycles. The third-order valence-electron chi connectivity index (χ3n) is 5.37. The van der Waals surface area contributed by atoms with Crippen LogP contribution in [0.2, 0.25) is 5.02 Å². The summed E-state index contributed by atoms with van der Waals surface area (Å²) in [6.45, 7) is 4.79. The molecule has 0 N–H and O–H groups in total. The minimum absolute atomic E-state index is 0.0616. The van der Waals surface area contributed by atoms with Crippen LogP contribution in [0.25, 0.3) is 17.3 Å². The highest BCUT2D eigenvalue weighted by molar-refractivity contribution is 6.30. The SMILES string of the molecule is CCOC(=O)COCc1ccc(OCCCc2oc(-n3ccnc3C)nc2-c2ccc(Cl)cc2)cc1. The third-order valence-corrected chi connectivity index (χ3v) is 5.62. The third kappa shape index (κ3) is 6.74. The zero-order valence-corrected chi connectivity index (χ0v) is 21.0. The molecule has 36 heavy (non-hydrogen) atoms. The van der Waals surface area contributed by atoms with E-state index in [9.17, 15) is 4.79 Å². The topological polar surface area (TPSA) is 88.6 Å². The summed E-state index contributed by atoms with van der Waals surface area (Å²) in [5.41, 5.74) is 2.66. The Kier molecular flexibility index (Phi) is 8.76. The van der Waals surface area contributed by atoms with Gasteiger partial charge >= 0.3 is 12.0 Å². The van der Waals surface area contributed by atoms with Crippen LogP contribution in [0.1, 0.15) is 30.5 Å². The highest BCUT2D eigenvalue weighted by Crippen LogP contribution is 2.28. The molecular weight excluding hydrogens is 482 g/mol. The first kappa shape index (κ1) is 25.5. The van der Waals surface area contributed by atoms with E-state index >= 15 is 0 Å². The minimum atomic E-state index is -0.365. The van der Waals surface area contributed by atoms with Gasteiger partial charge in [-0.25, -0.2) is 9.78 Å². The van der Waals surface area contributed by atoms with Crippen LogP contribution in [0.15, 0.2) is 65.3 Å². The molecule has 0 aliphatic rings. The van der Waals surface area contributed by atoms with Crippen molar-refractivity contribution in [2.24, 2.45) is 0 Å². The van der Waals surface area contributed by atoms with Crippen LogP contribution in [0.5, 0.6) is 5.75 Å². The van der Waals surface area contributed by atoms with E-state index in [1.165, 1.54) is 0 Å². The summed E-state index contributed by atoms with van der Waals surface area (Å²) in [6.07, 6.45) is 4.93. The maximum Gasteiger partial charge on any atom is 0.332 e. The molecule has 2 aromatic carbocycles. The normalized spacial score (nSPS) is 11.0. The second-order valence-corrected chi connectivity index (χ2v) is 8.45. The summed E-state index contributed by atoms with van der Waals surface area (Å²) in [6, 6.07) is 15.6. The smallest absolute Gasteiger partial charge is 0.332 e. The van der Waals surface area contributed by atoms with E-state index in [1.54, 1.807) is 13.1 Å². The first-order valence-corrected chi connectivity index (χ1v) is 12.1. The molecule has 8 nitrogen and oxygen atoms in total. The second-order valence-electron chi connectivity index (χ2n) is 8.01. The Morgan fingerprint density at radius 1 is 1.11 bits per heavy atom. The lowest BCUT2D eigenvalue weighted by Gasteiger charge is -2.08. The molecule has 0 fully saturated rings. The lowest BCUT2D eigenvalue weighted by atomic mass is 10.1. The summed E-state index contributed by atoms with van der Waals surface area (Å²) in [5, 5.41) is 0.666. The average molecular weight is 510 g/mol. The van der Waals surface area contributed by atoms with Crippen LogP contribution >= 0.6 is 11.6 Å². The van der Waals surface area contributed by atoms with E-state index < -0.39 is 0 Å². The van der Waals surface area contributed by atoms with Gasteiger partial charge < -0.3 is 18.6 Å². The van der Waals surface area contributed by atoms with Gasteiger partial charge in [-0.3, -0.25) is 4.57 Å². The largest absolute Gasteiger partial charge is 0.494 e. The van der Waals surface area contributed by atoms with Crippen LogP contribution < -0.4 is 4.74 Å². The first-order chi connectivity index (χ1) is 17.5. The predicted molar refractivity (Wildman–Crippen MR) is 135 cm³/mol. The molecule has 188 valence electrons. The molecule has 2 aromatic heterocycles. The average Bonchev–Trinajstić information content (AvgIpc) is 3.49. The number of halogens is 1. The van der Waals surface area contributed by atoms with Crippen molar-refractivity contribution < 1.29 is 23.4 Å². The summed E-state index contributed by atoms with van der Waals surface area (Å²) in [7, 11) is 0. The van der Waals surface area contributed by atoms with Crippen LogP contribution in [0.3, 0.4) is 0 Å². The Morgan fingerprint density at radius 3 is 2.58 bits per heavy atom. The van der Waals surface area contributed by atoms with Gasteiger partial charge in [0.25, 0.3) is 0 Å². The number of nitrogens with zero attached hydrogens (tertiary/aromatic N) is 3. The van der Waals surface area contributed by atoms with Gasteiger partial charge in [-0.05, 0) is 50.1 Å². The van der Waals surface area contributed by atoms with Gasteiger partial charge in [0.05, 0.1) is 19.8 Å². The Hall–Kier alpha value is -3.62. The minimum Gasteiger partial charge on any atom is -0.494 e. The van der Waals surface area contributed by atoms with Crippen molar-refractivity contribution in [3.05, 3.63) is 83.1 Å². The summed E-state index contributed by atoms with van der Waals surface area (Å²) in [4.78, 5) is 20.3. The van der Waals surface area contributed by atoms with Gasteiger partial charge in [-0.2, -0.15) is 4.98 Å². The van der Waals surface area contributed by atoms with Crippen molar-refractivity contribution in [2.45, 2.75) is 33.3 Å². The number of carbonyl (C=O) groups is 1. The Morgan fingerprint density at radius 2 is 1.89 bits per heavy atom. The lowest BCUT2D eigenvalue weighted by Crippen LogP contribution is -2.12. The molecule has 0 radical (unpaired) electrons. The van der Waals surface area contributed by atoms with Crippen molar-refractivity contribution in [2.75, 3.05) is 19.8 Å². The molecule has 0 unspecified atom stereocenters. The van der Waals surface area contributed by atoms with E-state index in [2.05, 4.69) is 4.98 Å². The molecule has 4 aromatic rings. The number of rotatable bonds is 12. The summed E-state index contributed by atoms with van der Waals surface area (Å²) < 4.78 is 24.1. The van der Waals surface area contributed by atoms with E-state index in [4.69, 9.17) is 35.2 Å². The zero-order valence-electron chi connectivity index (χ0n) is 20.3. The summed E-state index contributed by atoms with van der Waals surface area (Å²) in [5.74, 6) is 1.96. The van der Waals surface area contributed by atoms with Crippen LogP contribution in [0, 0.1) is 6.92 Å². The molecule has 0 spiro atoms. The Labute approximate surface area is 214 Å². The monoisotopic (exact) mass is 509 g/mol. The molecule has 0 aliphatic heterocycles. The van der Waals surface area contributed by atoms with Crippen molar-refractivity contribution in [1.29, 1.82) is 0 Å². The van der Waals surface area contributed by atoms with Crippen molar-refractivity contribution in [3.63, 3.8) is 0 Å². The van der Waals surface area contributed by atoms with Gasteiger partial charge in [0.15, 0.2) is 0 Å². The molecule has 0 saturated heterocycles. The standard InChI is InChI=1S/C27H28ClN3O5/c1-3-34-25(32)18-33-17-20-6-12-23(13-7-20)35-16-4-5-24-26(21-8-10-22(28)11-9-21)30-27(36-24)31-15-14-29-19(31)2/h6-15H,3-5,16-18H2,1-2H3. The van der Waals surface area contributed by atoms with Gasteiger partial charge in [0.2, 0.25) is 0 Å². The zero-order chi connectivity index (χ0) is 25.3. The number of ether oxygens (including phenoxy) is 3. The van der Waals surface area contributed by atoms with Crippen molar-refractivity contribution in [3.8, 4) is 23.0 Å². The molecule has 0 atom stereocenters. The number of aryl methyl sites for hydroxylation is 2. The van der Waals surface area contributed by atoms with Gasteiger partial charge in [0.1, 0.15) is 29.6 Å². The first-order valence-electron chi connectivity index (χ1n) is 11.7. The predicted octanol–water partition coefficient (Wildman–Crippen LogP) is 5.58. The molecule has 0 saturated carbocycles. The quantitative estimate of drug-likeness (QED) is 0.182. The van der Waals surface area contributed by atoms with E-state index in [1.807, 2.05) is 66.2 Å². The fourth-order valence-electron chi connectivity index (χ4n) is 3.58. The fourth-order valence-corrected chi connectivity index (χ4v) is 3.71. The fraction of sp³-hybridized carbons (Fsp3) is 0.296. The maximum absolute atomic E-state index is 11.3. The van der Waals surface area contributed by atoms with Crippen molar-refractivity contribution >= 4 is 17.6 Å². The van der Waals surface area contributed by atoms with Gasteiger partial charge in [0, 0.05) is 29.4 Å². The lowest BCUT2D eigenvalue weighted by molar-refractivity contribution is -0.148. The molecular formula is C27H28ClN3O5. The van der Waals surface area contributed by atoms with Crippen molar-refractivity contribution in [1.82, 2.24) is 14.5 Å². The van der Waals surface area contributed by atoms with Gasteiger partial charge in [-0.1, -0.05) is 35.9 Å². The van der Waals surface area contributed by atoms with Crippen LogP contribution in [0.4, 0.5) is 0 Å². The van der Waals surface area contributed by atoms with Crippen LogP contribution in [-0.2, 0) is 27.3 Å². The van der Waals surface area contributed by atoms with E-state index in [-0.39, 0.29) is 12.6 Å². The van der Waals surface area contributed by atoms with E-state index in [0.717, 1.165) is 40.6 Å². The molecule has 9 heteroatoms. The molecule has 0 bridgehead atoms. The van der Waals surface area contributed by atoms with Gasteiger partial charge in [-0.15, -0.1) is 0 Å². The maximum atomic E-state index is 11.3. The number of imidazole rings is 1. The number of benzene rings is 2. The number of oxazole rings is 1. The van der Waals surface area contributed by atoms with Crippen LogP contribution in [-0.4, -0.2) is 40.3 Å².